The molecule has 6 aliphatic rings. The first-order valence-corrected chi connectivity index (χ1v) is 31.8. The Morgan fingerprint density at radius 3 is 1.60 bits per heavy atom. The van der Waals surface area contributed by atoms with Gasteiger partial charge in [-0.05, 0) is 185 Å². The monoisotopic (exact) mass is 1100 g/mol. The molecule has 8 aromatic carbocycles. The molecule has 4 bridgehead atoms. The second-order valence-electron chi connectivity index (χ2n) is 32.6. The van der Waals surface area contributed by atoms with Gasteiger partial charge in [0.2, 0.25) is 0 Å². The van der Waals surface area contributed by atoms with Crippen molar-refractivity contribution in [3.63, 3.8) is 0 Å². The van der Waals surface area contributed by atoms with Crippen LogP contribution in [-0.2, 0) is 32.5 Å². The highest BCUT2D eigenvalue weighted by atomic mass is 15.3. The van der Waals surface area contributed by atoms with E-state index < -0.39 is 0 Å². The van der Waals surface area contributed by atoms with E-state index in [4.69, 9.17) is 0 Å². The van der Waals surface area contributed by atoms with Crippen LogP contribution in [0.3, 0.4) is 0 Å². The number of hydrogen-bond acceptors (Lipinski definition) is 3. The number of hydrogen-bond donors (Lipinski definition) is 0. The van der Waals surface area contributed by atoms with E-state index in [0.29, 0.717) is 0 Å². The minimum atomic E-state index is -0.351. The van der Waals surface area contributed by atoms with Crippen LogP contribution in [-0.4, -0.2) is 12.3 Å². The summed E-state index contributed by atoms with van der Waals surface area (Å²) in [7, 11) is 0. The van der Waals surface area contributed by atoms with Crippen LogP contribution >= 0.6 is 0 Å². The summed E-state index contributed by atoms with van der Waals surface area (Å²) >= 11 is 0. The lowest BCUT2D eigenvalue weighted by Gasteiger charge is -2.56. The summed E-state index contributed by atoms with van der Waals surface area (Å²) in [5, 5.41) is 0. The topological polar surface area (TPSA) is 9.72 Å². The summed E-state index contributed by atoms with van der Waals surface area (Å²) in [6.07, 6.45) is 4.70. The van der Waals surface area contributed by atoms with Crippen molar-refractivity contribution >= 4 is 68.6 Å². The summed E-state index contributed by atoms with van der Waals surface area (Å²) in [4.78, 5) is 8.32. The SMILES string of the molecule is CC(C)(C)c1ccc(N(c2ccc(C(C)(C)C)cc2)c2cc3c4c(c2)N2c5c6cc(cc5C5(C)CCCCC25C)C(C(C)(C)C)(C(C)(C)C)c2ccc5c(c2)-c2c(ccc(c2B64)N3c2ccc(C(C)(C)C)cc2-c2ccccc2)C5(C)C)cc1. The maximum absolute atomic E-state index is 2.98. The summed E-state index contributed by atoms with van der Waals surface area (Å²) in [6, 6.07) is 61.5. The molecule has 0 saturated heterocycles. The van der Waals surface area contributed by atoms with E-state index in [1.54, 1.807) is 5.56 Å². The lowest BCUT2D eigenvalue weighted by Crippen LogP contribution is -2.65. The molecule has 428 valence electrons. The zero-order valence-electron chi connectivity index (χ0n) is 54.2. The van der Waals surface area contributed by atoms with Gasteiger partial charge in [-0.2, -0.15) is 0 Å². The summed E-state index contributed by atoms with van der Waals surface area (Å²) < 4.78 is 0. The van der Waals surface area contributed by atoms with Crippen LogP contribution in [0.2, 0.25) is 0 Å². The van der Waals surface area contributed by atoms with E-state index in [-0.39, 0.29) is 55.6 Å². The second kappa shape index (κ2) is 17.4. The molecule has 4 heteroatoms. The van der Waals surface area contributed by atoms with Crippen molar-refractivity contribution in [3.05, 3.63) is 196 Å². The van der Waals surface area contributed by atoms with E-state index in [1.807, 2.05) is 0 Å². The molecule has 1 fully saturated rings. The average molecular weight is 1100 g/mol. The van der Waals surface area contributed by atoms with Crippen molar-refractivity contribution < 1.29 is 0 Å². The highest BCUT2D eigenvalue weighted by Gasteiger charge is 2.64. The molecule has 14 rings (SSSR count). The third kappa shape index (κ3) is 7.30. The van der Waals surface area contributed by atoms with Crippen LogP contribution in [0.4, 0.5) is 45.5 Å². The van der Waals surface area contributed by atoms with Crippen LogP contribution in [0.5, 0.6) is 0 Å². The molecule has 4 heterocycles. The first-order valence-electron chi connectivity index (χ1n) is 31.8. The number of anilines is 8. The van der Waals surface area contributed by atoms with E-state index in [2.05, 4.69) is 298 Å². The van der Waals surface area contributed by atoms with E-state index in [1.165, 1.54) is 125 Å². The molecular formula is C80H90BN3. The molecule has 0 N–H and O–H groups in total. The number of fused-ring (bicyclic) bond motifs is 6. The zero-order chi connectivity index (χ0) is 59.6. The smallest absolute Gasteiger partial charge is 0.252 e. The number of benzene rings is 8. The molecule has 4 aliphatic heterocycles. The molecule has 2 aliphatic carbocycles. The Bertz CT molecular complexity index is 3980. The van der Waals surface area contributed by atoms with Crippen molar-refractivity contribution in [2.45, 2.75) is 195 Å². The zero-order valence-corrected chi connectivity index (χ0v) is 54.2. The average Bonchev–Trinajstić information content (AvgIpc) is 1.40. The van der Waals surface area contributed by atoms with E-state index in [9.17, 15) is 0 Å². The maximum atomic E-state index is 2.98. The number of nitrogens with zero attached hydrogens (tertiary/aromatic N) is 3. The van der Waals surface area contributed by atoms with Crippen molar-refractivity contribution in [1.29, 1.82) is 0 Å². The molecule has 2 unspecified atom stereocenters. The number of rotatable bonds is 5. The summed E-state index contributed by atoms with van der Waals surface area (Å²) in [5.74, 6) is 0. The minimum absolute atomic E-state index is 0.00971. The van der Waals surface area contributed by atoms with Crippen LogP contribution in [0.15, 0.2) is 152 Å². The van der Waals surface area contributed by atoms with Gasteiger partial charge in [0.05, 0.1) is 16.9 Å². The van der Waals surface area contributed by atoms with Crippen LogP contribution in [0.25, 0.3) is 22.3 Å². The van der Waals surface area contributed by atoms with Gasteiger partial charge in [0, 0.05) is 55.9 Å². The molecule has 0 aromatic heterocycles. The highest BCUT2D eigenvalue weighted by Crippen LogP contribution is 2.66. The lowest BCUT2D eigenvalue weighted by atomic mass is 9.32. The molecule has 84 heavy (non-hydrogen) atoms. The molecule has 0 spiro atoms. The molecular weight excluding hydrogens is 1010 g/mol. The quantitative estimate of drug-likeness (QED) is 0.159. The van der Waals surface area contributed by atoms with Gasteiger partial charge < -0.3 is 14.7 Å². The fourth-order valence-corrected chi connectivity index (χ4v) is 18.2. The van der Waals surface area contributed by atoms with Crippen molar-refractivity contribution in [1.82, 2.24) is 0 Å². The lowest BCUT2D eigenvalue weighted by molar-refractivity contribution is 0.0905. The van der Waals surface area contributed by atoms with Crippen molar-refractivity contribution in [2.75, 3.05) is 14.7 Å². The third-order valence-electron chi connectivity index (χ3n) is 22.4. The van der Waals surface area contributed by atoms with E-state index >= 15 is 0 Å². The van der Waals surface area contributed by atoms with E-state index in [0.717, 1.165) is 24.2 Å². The van der Waals surface area contributed by atoms with Gasteiger partial charge >= 0.3 is 0 Å². The van der Waals surface area contributed by atoms with Gasteiger partial charge in [0.1, 0.15) is 0 Å². The Hall–Kier alpha value is -6.78. The standard InChI is InChI=1S/C80H90BN3/c1-72(2,3)50-27-33-55(34-28-50)82(56-35-29-51(30-36-56)73(4,5)6)57-47-66-69-67(48-57)84-71-62(78(18)41-23-24-42-79(78,84)19)45-54-46-63(71)81(69)70-65(83(66)64-39-32-52(74(7,8)9)43-58(64)49-25-21-20-22-26-49)40-38-61-68(70)59-44-53(31-37-60(59)77(61,16)17)80(54,75(10,11)12)76(13,14)15/h20-22,25-40,43-48H,23-24,41-42H2,1-19H3. The summed E-state index contributed by atoms with van der Waals surface area (Å²) in [6.45, 7) is 46.6. The minimum Gasteiger partial charge on any atom is -0.335 e. The molecule has 0 amide bonds. The summed E-state index contributed by atoms with van der Waals surface area (Å²) in [5.41, 5.74) is 29.8. The van der Waals surface area contributed by atoms with Gasteiger partial charge in [0.25, 0.3) is 6.71 Å². The Kier molecular flexibility index (Phi) is 11.4. The van der Waals surface area contributed by atoms with Gasteiger partial charge in [-0.3, -0.25) is 0 Å². The van der Waals surface area contributed by atoms with Gasteiger partial charge in [-0.15, -0.1) is 0 Å². The van der Waals surface area contributed by atoms with Gasteiger partial charge in [-0.25, -0.2) is 0 Å². The van der Waals surface area contributed by atoms with Crippen LogP contribution in [0, 0.1) is 10.8 Å². The molecule has 0 radical (unpaired) electrons. The van der Waals surface area contributed by atoms with Crippen molar-refractivity contribution in [3.8, 4) is 22.3 Å². The second-order valence-corrected chi connectivity index (χ2v) is 32.6. The largest absolute Gasteiger partial charge is 0.335 e. The maximum Gasteiger partial charge on any atom is 0.252 e. The van der Waals surface area contributed by atoms with Crippen LogP contribution < -0.4 is 31.1 Å². The van der Waals surface area contributed by atoms with Crippen molar-refractivity contribution in [2.24, 2.45) is 10.8 Å². The van der Waals surface area contributed by atoms with Gasteiger partial charge in [-0.1, -0.05) is 228 Å². The molecule has 1 saturated carbocycles. The first kappa shape index (κ1) is 55.1. The Labute approximate surface area is 505 Å². The third-order valence-corrected chi connectivity index (χ3v) is 22.4. The predicted octanol–water partition coefficient (Wildman–Crippen LogP) is 20.1. The Morgan fingerprint density at radius 1 is 0.440 bits per heavy atom. The Balaban J connectivity index is 1.19. The first-order chi connectivity index (χ1) is 39.3. The molecule has 2 atom stereocenters. The normalized spacial score (nSPS) is 20.3. The molecule has 3 nitrogen and oxygen atoms in total. The fraction of sp³-hybridized carbons (Fsp3) is 0.400. The highest BCUT2D eigenvalue weighted by molar-refractivity contribution is 7.01. The Morgan fingerprint density at radius 2 is 1.00 bits per heavy atom. The van der Waals surface area contributed by atoms with Gasteiger partial charge in [0.15, 0.2) is 0 Å². The van der Waals surface area contributed by atoms with Crippen LogP contribution in [0.1, 0.15) is 202 Å². The fourth-order valence-electron chi connectivity index (χ4n) is 18.2. The predicted molar refractivity (Wildman–Crippen MR) is 362 cm³/mol. The molecule has 8 aromatic rings.